The van der Waals surface area contributed by atoms with E-state index in [9.17, 15) is 0 Å². The zero-order chi connectivity index (χ0) is 18.8. The van der Waals surface area contributed by atoms with Gasteiger partial charge in [-0.3, -0.25) is 9.38 Å². The van der Waals surface area contributed by atoms with Crippen molar-refractivity contribution in [2.24, 2.45) is 0 Å². The van der Waals surface area contributed by atoms with Crippen LogP contribution in [0.1, 0.15) is 11.1 Å². The molecule has 1 aromatic carbocycles. The number of nitrogens with zero attached hydrogens (tertiary/aromatic N) is 6. The summed E-state index contributed by atoms with van der Waals surface area (Å²) in [6.07, 6.45) is 9.00. The molecule has 0 aliphatic rings. The average Bonchev–Trinajstić information content (AvgIpc) is 3.06. The Morgan fingerprint density at radius 1 is 1.04 bits per heavy atom. The summed E-state index contributed by atoms with van der Waals surface area (Å²) in [6.45, 7) is 2.78. The second kappa shape index (κ2) is 7.03. The van der Waals surface area contributed by atoms with Gasteiger partial charge in [0.15, 0.2) is 5.65 Å². The van der Waals surface area contributed by atoms with Gasteiger partial charge in [0.05, 0.1) is 6.20 Å². The molecule has 7 nitrogen and oxygen atoms in total. The summed E-state index contributed by atoms with van der Waals surface area (Å²) in [5.41, 5.74) is 4.89. The maximum absolute atomic E-state index is 4.73. The molecule has 0 fully saturated rings. The summed E-state index contributed by atoms with van der Waals surface area (Å²) in [5, 5.41) is 3.51. The zero-order valence-corrected chi connectivity index (χ0v) is 15.6. The number of hydrogen-bond donors (Lipinski definition) is 1. The lowest BCUT2D eigenvalue weighted by molar-refractivity contribution is 0.999. The summed E-state index contributed by atoms with van der Waals surface area (Å²) >= 11 is 0. The molecule has 3 heterocycles. The third-order valence-electron chi connectivity index (χ3n) is 4.32. The number of anilines is 2. The number of aromatic nitrogens is 5. The minimum atomic E-state index is 0.665. The van der Waals surface area contributed by atoms with Crippen molar-refractivity contribution in [1.82, 2.24) is 24.3 Å². The maximum atomic E-state index is 4.73. The molecule has 0 saturated carbocycles. The molecule has 136 valence electrons. The van der Waals surface area contributed by atoms with E-state index in [1.165, 1.54) is 11.1 Å². The van der Waals surface area contributed by atoms with Crippen molar-refractivity contribution >= 4 is 17.4 Å². The standard InChI is InChI=1S/C20H21N7/c1-14-4-6-15(7-5-14)10-22-19-18(25-17-13-21-8-9-27(17)19)16-11-23-20(24-12-16)26(2)3/h4-9,11-13,22H,10H2,1-3H3. The van der Waals surface area contributed by atoms with E-state index in [2.05, 4.69) is 51.5 Å². The fourth-order valence-electron chi connectivity index (χ4n) is 2.84. The van der Waals surface area contributed by atoms with Gasteiger partial charge in [-0.1, -0.05) is 29.8 Å². The highest BCUT2D eigenvalue weighted by atomic mass is 15.2. The Bertz CT molecular complexity index is 1050. The Labute approximate surface area is 157 Å². The van der Waals surface area contributed by atoms with E-state index in [-0.39, 0.29) is 0 Å². The van der Waals surface area contributed by atoms with Crippen molar-refractivity contribution in [3.05, 3.63) is 66.4 Å². The largest absolute Gasteiger partial charge is 0.365 e. The molecule has 4 aromatic rings. The molecule has 4 rings (SSSR count). The molecule has 0 bridgehead atoms. The van der Waals surface area contributed by atoms with Gasteiger partial charge in [-0.2, -0.15) is 0 Å². The van der Waals surface area contributed by atoms with Crippen LogP contribution in [0, 0.1) is 6.92 Å². The van der Waals surface area contributed by atoms with Gasteiger partial charge < -0.3 is 10.2 Å². The third kappa shape index (κ3) is 3.44. The quantitative estimate of drug-likeness (QED) is 0.590. The van der Waals surface area contributed by atoms with Gasteiger partial charge in [-0.05, 0) is 12.5 Å². The molecule has 0 saturated heterocycles. The van der Waals surface area contributed by atoms with Gasteiger partial charge in [0.25, 0.3) is 0 Å². The van der Waals surface area contributed by atoms with E-state index in [4.69, 9.17) is 4.98 Å². The van der Waals surface area contributed by atoms with E-state index in [0.717, 1.165) is 22.7 Å². The lowest BCUT2D eigenvalue weighted by Gasteiger charge is -2.11. The number of imidazole rings is 1. The van der Waals surface area contributed by atoms with Crippen LogP contribution in [0.5, 0.6) is 0 Å². The SMILES string of the molecule is Cc1ccc(CNc2c(-c3cnc(N(C)C)nc3)nc3cnccn23)cc1. The first kappa shape index (κ1) is 17.0. The number of hydrogen-bond acceptors (Lipinski definition) is 6. The van der Waals surface area contributed by atoms with Gasteiger partial charge in [0, 0.05) is 51.0 Å². The molecule has 1 N–H and O–H groups in total. The van der Waals surface area contributed by atoms with Crippen LogP contribution >= 0.6 is 0 Å². The van der Waals surface area contributed by atoms with Gasteiger partial charge in [-0.15, -0.1) is 0 Å². The normalized spacial score (nSPS) is 10.9. The summed E-state index contributed by atoms with van der Waals surface area (Å²) in [7, 11) is 3.83. The van der Waals surface area contributed by atoms with Gasteiger partial charge in [0.2, 0.25) is 5.95 Å². The van der Waals surface area contributed by atoms with Crippen molar-refractivity contribution in [3.63, 3.8) is 0 Å². The topological polar surface area (TPSA) is 71.2 Å². The fraction of sp³-hybridized carbons (Fsp3) is 0.200. The highest BCUT2D eigenvalue weighted by Gasteiger charge is 2.15. The van der Waals surface area contributed by atoms with Crippen molar-refractivity contribution < 1.29 is 0 Å². The van der Waals surface area contributed by atoms with Crippen molar-refractivity contribution in [1.29, 1.82) is 0 Å². The molecule has 0 spiro atoms. The highest BCUT2D eigenvalue weighted by Crippen LogP contribution is 2.28. The van der Waals surface area contributed by atoms with Crippen LogP contribution in [-0.2, 0) is 6.54 Å². The second-order valence-electron chi connectivity index (χ2n) is 6.62. The third-order valence-corrected chi connectivity index (χ3v) is 4.32. The summed E-state index contributed by atoms with van der Waals surface area (Å²) in [4.78, 5) is 19.6. The van der Waals surface area contributed by atoms with E-state index in [0.29, 0.717) is 12.5 Å². The Balaban J connectivity index is 1.71. The van der Waals surface area contributed by atoms with Gasteiger partial charge in [0.1, 0.15) is 11.5 Å². The number of benzene rings is 1. The van der Waals surface area contributed by atoms with Crippen LogP contribution in [0.2, 0.25) is 0 Å². The first-order chi connectivity index (χ1) is 13.1. The first-order valence-corrected chi connectivity index (χ1v) is 8.73. The van der Waals surface area contributed by atoms with Crippen molar-refractivity contribution in [2.45, 2.75) is 13.5 Å². The number of rotatable bonds is 5. The predicted octanol–water partition coefficient (Wildman–Crippen LogP) is 3.17. The van der Waals surface area contributed by atoms with E-state index < -0.39 is 0 Å². The Kier molecular flexibility index (Phi) is 4.42. The minimum Gasteiger partial charge on any atom is -0.365 e. The van der Waals surface area contributed by atoms with Crippen LogP contribution in [0.25, 0.3) is 16.9 Å². The molecule has 0 atom stereocenters. The van der Waals surface area contributed by atoms with Crippen LogP contribution in [0.3, 0.4) is 0 Å². The number of nitrogens with one attached hydrogen (secondary N) is 1. The molecule has 0 amide bonds. The molecule has 3 aromatic heterocycles. The fourth-order valence-corrected chi connectivity index (χ4v) is 2.84. The summed E-state index contributed by atoms with van der Waals surface area (Å²) in [5.74, 6) is 1.56. The van der Waals surface area contributed by atoms with Crippen molar-refractivity contribution in [3.8, 4) is 11.3 Å². The van der Waals surface area contributed by atoms with Crippen LogP contribution in [-0.4, -0.2) is 38.4 Å². The monoisotopic (exact) mass is 359 g/mol. The molecular formula is C20H21N7. The predicted molar refractivity (Wildman–Crippen MR) is 107 cm³/mol. The summed E-state index contributed by atoms with van der Waals surface area (Å²) < 4.78 is 2.00. The van der Waals surface area contributed by atoms with Crippen molar-refractivity contribution in [2.75, 3.05) is 24.3 Å². The maximum Gasteiger partial charge on any atom is 0.224 e. The molecule has 0 unspecified atom stereocenters. The Hall–Kier alpha value is -3.48. The van der Waals surface area contributed by atoms with Crippen LogP contribution in [0.15, 0.2) is 55.2 Å². The molecule has 0 aliphatic carbocycles. The molecule has 0 radical (unpaired) electrons. The molecular weight excluding hydrogens is 338 g/mol. The number of aryl methyl sites for hydroxylation is 1. The zero-order valence-electron chi connectivity index (χ0n) is 15.6. The molecule has 27 heavy (non-hydrogen) atoms. The van der Waals surface area contributed by atoms with Crippen LogP contribution < -0.4 is 10.2 Å². The molecule has 0 aliphatic heterocycles. The van der Waals surface area contributed by atoms with Gasteiger partial charge in [-0.25, -0.2) is 15.0 Å². The van der Waals surface area contributed by atoms with E-state index in [1.807, 2.05) is 29.6 Å². The number of fused-ring (bicyclic) bond motifs is 1. The highest BCUT2D eigenvalue weighted by molar-refractivity contribution is 5.75. The van der Waals surface area contributed by atoms with E-state index >= 15 is 0 Å². The Morgan fingerprint density at radius 3 is 2.48 bits per heavy atom. The second-order valence-corrected chi connectivity index (χ2v) is 6.62. The lowest BCUT2D eigenvalue weighted by atomic mass is 10.1. The summed E-state index contributed by atoms with van der Waals surface area (Å²) in [6, 6.07) is 8.48. The smallest absolute Gasteiger partial charge is 0.224 e. The Morgan fingerprint density at radius 2 is 1.78 bits per heavy atom. The molecule has 7 heteroatoms. The van der Waals surface area contributed by atoms with Gasteiger partial charge >= 0.3 is 0 Å². The van der Waals surface area contributed by atoms with E-state index in [1.54, 1.807) is 24.8 Å². The minimum absolute atomic E-state index is 0.665. The van der Waals surface area contributed by atoms with Crippen LogP contribution in [0.4, 0.5) is 11.8 Å². The lowest BCUT2D eigenvalue weighted by Crippen LogP contribution is -2.12. The first-order valence-electron chi connectivity index (χ1n) is 8.73. The average molecular weight is 359 g/mol.